The molecule has 364 valence electrons. The minimum Gasteiger partial charge on any atom is -0.311 e. The van der Waals surface area contributed by atoms with E-state index in [-0.39, 0.29) is 0 Å². The van der Waals surface area contributed by atoms with E-state index in [1.54, 1.807) is 0 Å². The van der Waals surface area contributed by atoms with Gasteiger partial charge in [0.25, 0.3) is 0 Å². The molecule has 0 bridgehead atoms. The zero-order chi connectivity index (χ0) is 51.1. The molecule has 0 aliphatic carbocycles. The van der Waals surface area contributed by atoms with Crippen molar-refractivity contribution in [2.75, 3.05) is 24.5 Å². The maximum absolute atomic E-state index is 2.33. The largest absolute Gasteiger partial charge is 0.311 e. The molecule has 0 saturated carbocycles. The zero-order valence-corrected chi connectivity index (χ0v) is 42.9. The Morgan fingerprint density at radius 1 is 0.147 bits per heavy atom. The van der Waals surface area contributed by atoms with Crippen LogP contribution in [0.1, 0.15) is 22.3 Å². The van der Waals surface area contributed by atoms with Crippen LogP contribution < -0.4 is 24.5 Å². The fourth-order valence-corrected chi connectivity index (χ4v) is 10.0. The lowest BCUT2D eigenvalue weighted by Gasteiger charge is -2.30. The van der Waals surface area contributed by atoms with Crippen LogP contribution in [0.25, 0.3) is 0 Å². The van der Waals surface area contributed by atoms with E-state index in [1.165, 1.54) is 22.3 Å². The molecule has 0 spiro atoms. The molecule has 0 radical (unpaired) electrons. The van der Waals surface area contributed by atoms with E-state index >= 15 is 0 Å². The van der Waals surface area contributed by atoms with Gasteiger partial charge in [-0.25, -0.2) is 0 Å². The first-order chi connectivity index (χ1) is 36.8. The number of rotatable bonds is 15. The number of aryl methyl sites for hydroxylation is 4. The van der Waals surface area contributed by atoms with Crippen LogP contribution in [0.5, 0.6) is 0 Å². The Morgan fingerprint density at radius 2 is 0.293 bits per heavy atom. The molecule has 0 atom stereocenters. The molecule has 0 aliphatic rings. The lowest BCUT2D eigenvalue weighted by Crippen LogP contribution is -2.14. The van der Waals surface area contributed by atoms with Gasteiger partial charge in [0.2, 0.25) is 0 Å². The van der Waals surface area contributed by atoms with Crippen LogP contribution in [0.15, 0.2) is 285 Å². The van der Waals surface area contributed by atoms with Crippen LogP contribution in [0.2, 0.25) is 0 Å². The zero-order valence-electron chi connectivity index (χ0n) is 42.9. The van der Waals surface area contributed by atoms with E-state index in [9.17, 15) is 0 Å². The highest BCUT2D eigenvalue weighted by molar-refractivity contribution is 5.86. The first-order valence-electron chi connectivity index (χ1n) is 25.7. The van der Waals surface area contributed by atoms with Crippen LogP contribution in [-0.4, -0.2) is 0 Å². The minimum absolute atomic E-state index is 1.05. The second-order valence-electron chi connectivity index (χ2n) is 19.1. The maximum Gasteiger partial charge on any atom is 0.0464 e. The average molecular weight is 970 g/mol. The molecule has 0 fully saturated rings. The number of anilines is 15. The van der Waals surface area contributed by atoms with Crippen molar-refractivity contribution in [3.05, 3.63) is 307 Å². The quantitative estimate of drug-likeness (QED) is 0.101. The summed E-state index contributed by atoms with van der Waals surface area (Å²) in [7, 11) is 0. The fourth-order valence-electron chi connectivity index (χ4n) is 10.0. The summed E-state index contributed by atoms with van der Waals surface area (Å²) in [5, 5.41) is 0. The van der Waals surface area contributed by atoms with Gasteiger partial charge in [-0.2, -0.15) is 0 Å². The summed E-state index contributed by atoms with van der Waals surface area (Å²) in [6, 6.07) is 102. The smallest absolute Gasteiger partial charge is 0.0464 e. The maximum atomic E-state index is 2.33. The molecule has 0 aliphatic heterocycles. The highest BCUT2D eigenvalue weighted by Crippen LogP contribution is 2.44. The predicted molar refractivity (Wildman–Crippen MR) is 319 cm³/mol. The lowest BCUT2D eigenvalue weighted by atomic mass is 10.1. The van der Waals surface area contributed by atoms with Gasteiger partial charge in [0.05, 0.1) is 0 Å². The summed E-state index contributed by atoms with van der Waals surface area (Å²) in [5.74, 6) is 0. The molecule has 0 aromatic heterocycles. The van der Waals surface area contributed by atoms with Crippen LogP contribution in [0, 0.1) is 27.7 Å². The molecule has 0 heterocycles. The van der Waals surface area contributed by atoms with Gasteiger partial charge in [-0.05, 0) is 232 Å². The standard InChI is InChI=1S/C70H59N5/c1-52-18-14-28-67(48-52)74(68-29-15-19-53(2)49-68)65-44-40-63(41-45-65)72(57-24-10-6-11-25-57)61-36-32-59(33-37-61)71(56-22-8-5-9-23-56)60-34-38-62(39-35-60)73(58-26-12-7-13-27-58)64-42-46-66(47-43-64)75(69-30-16-20-54(3)50-69)70-31-17-21-55(4)51-70/h5-51H,1-4H3. The predicted octanol–water partition coefficient (Wildman–Crippen LogP) is 20.3. The molecule has 11 aromatic carbocycles. The van der Waals surface area contributed by atoms with E-state index in [1.807, 2.05) is 0 Å². The molecule has 0 N–H and O–H groups in total. The van der Waals surface area contributed by atoms with Gasteiger partial charge < -0.3 is 24.5 Å². The van der Waals surface area contributed by atoms with Crippen LogP contribution in [0.3, 0.4) is 0 Å². The summed E-state index contributed by atoms with van der Waals surface area (Å²) in [6.07, 6.45) is 0. The Kier molecular flexibility index (Phi) is 13.8. The van der Waals surface area contributed by atoms with Crippen LogP contribution in [-0.2, 0) is 0 Å². The molecule has 75 heavy (non-hydrogen) atoms. The molecule has 11 aromatic rings. The summed E-state index contributed by atoms with van der Waals surface area (Å²) in [6.45, 7) is 8.59. The van der Waals surface area contributed by atoms with E-state index in [0.717, 1.165) is 85.3 Å². The van der Waals surface area contributed by atoms with Gasteiger partial charge in [0, 0.05) is 85.3 Å². The van der Waals surface area contributed by atoms with E-state index in [2.05, 4.69) is 337 Å². The Labute approximate surface area is 442 Å². The number of hydrogen-bond donors (Lipinski definition) is 0. The summed E-state index contributed by atoms with van der Waals surface area (Å²) in [5.41, 5.74) is 21.1. The van der Waals surface area contributed by atoms with Gasteiger partial charge in [0.1, 0.15) is 0 Å². The van der Waals surface area contributed by atoms with Crippen molar-refractivity contribution >= 4 is 85.3 Å². The lowest BCUT2D eigenvalue weighted by molar-refractivity contribution is 1.23. The van der Waals surface area contributed by atoms with Gasteiger partial charge in [0.15, 0.2) is 0 Å². The first-order valence-corrected chi connectivity index (χ1v) is 25.7. The highest BCUT2D eigenvalue weighted by Gasteiger charge is 2.21. The first kappa shape index (κ1) is 47.7. The van der Waals surface area contributed by atoms with Crippen molar-refractivity contribution in [1.29, 1.82) is 0 Å². The monoisotopic (exact) mass is 969 g/mol. The van der Waals surface area contributed by atoms with Gasteiger partial charge in [-0.3, -0.25) is 0 Å². The summed E-state index contributed by atoms with van der Waals surface area (Å²) in [4.78, 5) is 11.6. The SMILES string of the molecule is Cc1cccc(N(c2ccc(N(c3ccccc3)c3ccc(N(c4ccccc4)c4ccc(N(c5ccccc5)c5ccc(N(c6cccc(C)c6)c6cccc(C)c6)cc5)cc4)cc3)cc2)c2cccc(C)c2)c1. The number of nitrogens with zero attached hydrogens (tertiary/aromatic N) is 5. The van der Waals surface area contributed by atoms with Crippen molar-refractivity contribution < 1.29 is 0 Å². The van der Waals surface area contributed by atoms with Crippen molar-refractivity contribution in [1.82, 2.24) is 0 Å². The van der Waals surface area contributed by atoms with E-state index < -0.39 is 0 Å². The van der Waals surface area contributed by atoms with Crippen LogP contribution >= 0.6 is 0 Å². The molecular weight excluding hydrogens is 911 g/mol. The van der Waals surface area contributed by atoms with Crippen molar-refractivity contribution in [3.8, 4) is 0 Å². The number of para-hydroxylation sites is 3. The molecule has 5 heteroatoms. The third kappa shape index (κ3) is 10.5. The highest BCUT2D eigenvalue weighted by atomic mass is 15.2. The number of benzene rings is 11. The van der Waals surface area contributed by atoms with Crippen LogP contribution in [0.4, 0.5) is 85.3 Å². The fraction of sp³-hybridized carbons (Fsp3) is 0.0571. The van der Waals surface area contributed by atoms with Crippen molar-refractivity contribution in [2.24, 2.45) is 0 Å². The minimum atomic E-state index is 1.05. The topological polar surface area (TPSA) is 16.2 Å². The molecular formula is C70H59N5. The molecule has 5 nitrogen and oxygen atoms in total. The Balaban J connectivity index is 0.919. The van der Waals surface area contributed by atoms with Crippen molar-refractivity contribution in [2.45, 2.75) is 27.7 Å². The normalized spacial score (nSPS) is 10.9. The third-order valence-corrected chi connectivity index (χ3v) is 13.5. The second kappa shape index (κ2) is 21.6. The van der Waals surface area contributed by atoms with Crippen molar-refractivity contribution in [3.63, 3.8) is 0 Å². The molecule has 0 amide bonds. The Morgan fingerprint density at radius 3 is 0.467 bits per heavy atom. The van der Waals surface area contributed by atoms with Gasteiger partial charge >= 0.3 is 0 Å². The second-order valence-corrected chi connectivity index (χ2v) is 19.1. The average Bonchev–Trinajstić information content (AvgIpc) is 3.44. The Hall–Kier alpha value is -9.58. The number of hydrogen-bond acceptors (Lipinski definition) is 5. The molecule has 11 rings (SSSR count). The van der Waals surface area contributed by atoms with E-state index in [4.69, 9.17) is 0 Å². The van der Waals surface area contributed by atoms with E-state index in [0.29, 0.717) is 0 Å². The Bertz CT molecular complexity index is 3320. The van der Waals surface area contributed by atoms with Gasteiger partial charge in [-0.15, -0.1) is 0 Å². The summed E-state index contributed by atoms with van der Waals surface area (Å²) < 4.78 is 0. The molecule has 0 unspecified atom stereocenters. The van der Waals surface area contributed by atoms with Gasteiger partial charge in [-0.1, -0.05) is 103 Å². The third-order valence-electron chi connectivity index (χ3n) is 13.5. The summed E-state index contributed by atoms with van der Waals surface area (Å²) >= 11 is 0. The molecule has 0 saturated heterocycles.